The zero-order valence-corrected chi connectivity index (χ0v) is 27.8. The molecule has 2 fully saturated rings. The summed E-state index contributed by atoms with van der Waals surface area (Å²) in [5.41, 5.74) is 3.63. The van der Waals surface area contributed by atoms with Gasteiger partial charge in [-0.05, 0) is 66.8 Å². The molecule has 8 rings (SSSR count). The number of benzene rings is 1. The molecule has 0 unspecified atom stereocenters. The van der Waals surface area contributed by atoms with Crippen LogP contribution in [0.4, 0.5) is 11.6 Å². The third-order valence-corrected chi connectivity index (χ3v) is 9.55. The smallest absolute Gasteiger partial charge is 0.257 e. The van der Waals surface area contributed by atoms with Gasteiger partial charge in [0.05, 0.1) is 36.1 Å². The van der Waals surface area contributed by atoms with Crippen LogP contribution in [0.3, 0.4) is 0 Å². The van der Waals surface area contributed by atoms with Crippen LogP contribution in [-0.4, -0.2) is 79.4 Å². The molecule has 6 heterocycles. The topological polar surface area (TPSA) is 172 Å². The van der Waals surface area contributed by atoms with Crippen molar-refractivity contribution < 1.29 is 14.2 Å². The van der Waals surface area contributed by atoms with E-state index in [9.17, 15) is 5.26 Å². The summed E-state index contributed by atoms with van der Waals surface area (Å²) in [6.45, 7) is 3.46. The third-order valence-electron chi connectivity index (χ3n) is 9.55. The maximum atomic E-state index is 9.69. The highest BCUT2D eigenvalue weighted by Gasteiger charge is 2.38. The lowest BCUT2D eigenvalue weighted by molar-refractivity contribution is 0.106. The number of nitriles is 1. The zero-order valence-electron chi connectivity index (χ0n) is 27.8. The molecule has 2 aliphatic heterocycles. The number of aromatic nitrogens is 10. The summed E-state index contributed by atoms with van der Waals surface area (Å²) in [6.07, 6.45) is 16.0. The van der Waals surface area contributed by atoms with E-state index in [1.807, 2.05) is 43.0 Å². The van der Waals surface area contributed by atoms with Crippen molar-refractivity contribution in [2.75, 3.05) is 11.9 Å². The van der Waals surface area contributed by atoms with Gasteiger partial charge in [0.2, 0.25) is 5.95 Å². The average molecular weight is 676 g/mol. The lowest BCUT2D eigenvalue weighted by Gasteiger charge is -2.38. The Bertz CT molecular complexity index is 2010. The van der Waals surface area contributed by atoms with Gasteiger partial charge < -0.3 is 24.4 Å². The second-order valence-corrected chi connectivity index (χ2v) is 12.9. The Kier molecular flexibility index (Phi) is 8.45. The van der Waals surface area contributed by atoms with E-state index in [1.54, 1.807) is 34.0 Å². The number of rotatable bonds is 12. The van der Waals surface area contributed by atoms with Crippen molar-refractivity contribution in [3.8, 4) is 28.8 Å². The maximum Gasteiger partial charge on any atom is 0.257 e. The Hall–Kier alpha value is -5.98. The average Bonchev–Trinajstić information content (AvgIpc) is 3.99. The Balaban J connectivity index is 0.971. The lowest BCUT2D eigenvalue weighted by Crippen LogP contribution is -2.41. The number of aryl methyl sites for hydroxylation is 1. The van der Waals surface area contributed by atoms with Gasteiger partial charge in [0.15, 0.2) is 0 Å². The fraction of sp³-hybridized carbons (Fsp3) is 0.412. The van der Waals surface area contributed by atoms with Gasteiger partial charge in [0.1, 0.15) is 48.9 Å². The van der Waals surface area contributed by atoms with E-state index < -0.39 is 0 Å². The van der Waals surface area contributed by atoms with Gasteiger partial charge >= 0.3 is 0 Å². The first-order chi connectivity index (χ1) is 24.5. The first-order valence-electron chi connectivity index (χ1n) is 16.8. The number of anilines is 2. The Morgan fingerprint density at radius 3 is 2.62 bits per heavy atom. The molecule has 256 valence electrons. The minimum absolute atomic E-state index is 0.260. The molecule has 1 aliphatic carbocycles. The van der Waals surface area contributed by atoms with E-state index in [4.69, 9.17) is 19.3 Å². The van der Waals surface area contributed by atoms with Gasteiger partial charge in [0.25, 0.3) is 5.88 Å². The molecule has 0 spiro atoms. The fourth-order valence-electron chi connectivity index (χ4n) is 6.91. The highest BCUT2D eigenvalue weighted by Crippen LogP contribution is 2.39. The summed E-state index contributed by atoms with van der Waals surface area (Å²) in [6, 6.07) is 10.8. The molecule has 1 saturated heterocycles. The Labute approximate surface area is 288 Å². The monoisotopic (exact) mass is 675 g/mol. The molecule has 0 amide bonds. The zero-order chi connectivity index (χ0) is 34.0. The highest BCUT2D eigenvalue weighted by atomic mass is 16.5. The fourth-order valence-corrected chi connectivity index (χ4v) is 6.91. The number of hydrogen-bond donors (Lipinski definition) is 1. The van der Waals surface area contributed by atoms with Crippen LogP contribution in [0.25, 0.3) is 11.1 Å². The molecule has 0 radical (unpaired) electrons. The number of fused-ring (bicyclic) bond motifs is 2. The normalized spacial score (nSPS) is 20.2. The molecule has 2 bridgehead atoms. The van der Waals surface area contributed by atoms with Gasteiger partial charge in [-0.15, -0.1) is 10.2 Å². The van der Waals surface area contributed by atoms with Crippen LogP contribution in [0.5, 0.6) is 11.6 Å². The number of ether oxygens (including phenoxy) is 3. The van der Waals surface area contributed by atoms with Gasteiger partial charge in [-0.3, -0.25) is 9.36 Å². The van der Waals surface area contributed by atoms with Gasteiger partial charge in [-0.25, -0.2) is 14.6 Å². The molecule has 3 aliphatic rings. The molecule has 1 saturated carbocycles. The Morgan fingerprint density at radius 1 is 1.08 bits per heavy atom. The third kappa shape index (κ3) is 6.53. The van der Waals surface area contributed by atoms with Crippen LogP contribution in [0, 0.1) is 11.3 Å². The van der Waals surface area contributed by atoms with Gasteiger partial charge in [-0.1, -0.05) is 6.07 Å². The summed E-state index contributed by atoms with van der Waals surface area (Å²) < 4.78 is 23.4. The summed E-state index contributed by atoms with van der Waals surface area (Å²) in [7, 11) is 1.89. The molecular weight excluding hydrogens is 638 g/mol. The number of nitrogens with one attached hydrogen (secondary N) is 1. The van der Waals surface area contributed by atoms with E-state index in [0.717, 1.165) is 61.3 Å². The summed E-state index contributed by atoms with van der Waals surface area (Å²) in [5, 5.41) is 33.4. The van der Waals surface area contributed by atoms with Crippen LogP contribution >= 0.6 is 0 Å². The van der Waals surface area contributed by atoms with Crippen LogP contribution in [0.1, 0.15) is 56.3 Å². The SMILES string of the molecule is C[C@@H](Cn1cnnn1)Oc1cc(-c2cnc(Nc3cn(C4CCC(N5C=C6C[C@@H]5CO6)CC4)nc3OCc3ccnn3C)nc2)ccc1C#N. The maximum absolute atomic E-state index is 9.69. The second kappa shape index (κ2) is 13.5. The van der Waals surface area contributed by atoms with Crippen molar-refractivity contribution in [2.45, 2.75) is 76.4 Å². The van der Waals surface area contributed by atoms with E-state index in [2.05, 4.69) is 53.1 Å². The van der Waals surface area contributed by atoms with Crippen LogP contribution in [-0.2, 0) is 24.9 Å². The molecule has 5 aromatic rings. The number of nitrogens with zero attached hydrogens (tertiary/aromatic N) is 12. The van der Waals surface area contributed by atoms with Gasteiger partial charge in [0, 0.05) is 49.9 Å². The van der Waals surface area contributed by atoms with E-state index in [-0.39, 0.29) is 12.1 Å². The van der Waals surface area contributed by atoms with Crippen LogP contribution in [0.15, 0.2) is 67.3 Å². The van der Waals surface area contributed by atoms with Crippen molar-refractivity contribution in [3.05, 3.63) is 78.6 Å². The molecule has 2 atom stereocenters. The van der Waals surface area contributed by atoms with E-state index in [1.165, 1.54) is 6.33 Å². The van der Waals surface area contributed by atoms with Crippen molar-refractivity contribution in [3.63, 3.8) is 0 Å². The predicted molar refractivity (Wildman–Crippen MR) is 179 cm³/mol. The standard InChI is InChI=1S/C34H37N13O3/c1-22(16-45-21-38-42-43-45)50-32-11-23(3-4-24(32)13-35)25-14-36-34(37-15-25)40-31-18-47(41-33(31)49-19-28-9-10-39-44(28)2)27-7-5-26(6-8-27)46-17-30-12-29(46)20-48-30/h3-4,9-11,14-15,17-18,21-22,26-27,29H,5-8,12,16,19-20H2,1-2H3,(H,36,37,40)/t22-,26?,27?,29+/m0/s1. The van der Waals surface area contributed by atoms with E-state index >= 15 is 0 Å². The highest BCUT2D eigenvalue weighted by molar-refractivity contribution is 5.67. The molecule has 4 aromatic heterocycles. The largest absolute Gasteiger partial charge is 0.494 e. The predicted octanol–water partition coefficient (Wildman–Crippen LogP) is 4.15. The second-order valence-electron chi connectivity index (χ2n) is 12.9. The minimum atomic E-state index is -0.276. The summed E-state index contributed by atoms with van der Waals surface area (Å²) in [4.78, 5) is 11.8. The number of tetrazole rings is 1. The lowest BCUT2D eigenvalue weighted by atomic mass is 9.90. The van der Waals surface area contributed by atoms with Crippen molar-refractivity contribution in [1.29, 1.82) is 5.26 Å². The molecular formula is C34H37N13O3. The van der Waals surface area contributed by atoms with Crippen LogP contribution < -0.4 is 14.8 Å². The quantitative estimate of drug-likeness (QED) is 0.200. The van der Waals surface area contributed by atoms with Crippen LogP contribution in [0.2, 0.25) is 0 Å². The summed E-state index contributed by atoms with van der Waals surface area (Å²) in [5.74, 6) is 2.47. The molecule has 50 heavy (non-hydrogen) atoms. The van der Waals surface area contributed by atoms with Gasteiger partial charge in [-0.2, -0.15) is 10.4 Å². The molecule has 1 N–H and O–H groups in total. The van der Waals surface area contributed by atoms with Crippen molar-refractivity contribution in [2.24, 2.45) is 7.05 Å². The first-order valence-corrected chi connectivity index (χ1v) is 16.8. The first kappa shape index (κ1) is 31.3. The number of hydrogen-bond acceptors (Lipinski definition) is 13. The minimum Gasteiger partial charge on any atom is -0.494 e. The summed E-state index contributed by atoms with van der Waals surface area (Å²) >= 11 is 0. The molecule has 1 aromatic carbocycles. The molecule has 16 nitrogen and oxygen atoms in total. The van der Waals surface area contributed by atoms with E-state index in [0.29, 0.717) is 54.1 Å². The molecule has 16 heteroatoms. The van der Waals surface area contributed by atoms with Crippen molar-refractivity contribution >= 4 is 11.6 Å². The van der Waals surface area contributed by atoms with Crippen molar-refractivity contribution in [1.82, 2.24) is 54.6 Å². The Morgan fingerprint density at radius 2 is 1.92 bits per heavy atom.